The van der Waals surface area contributed by atoms with Gasteiger partial charge in [-0.25, -0.2) is 18.9 Å². The predicted molar refractivity (Wildman–Crippen MR) is 138 cm³/mol. The van der Waals surface area contributed by atoms with Crippen LogP contribution in [0.2, 0.25) is 5.02 Å². The number of ether oxygens (including phenoxy) is 1. The molecule has 0 atom stereocenters. The quantitative estimate of drug-likeness (QED) is 0.204. The Balaban J connectivity index is 1.45. The maximum Gasteiger partial charge on any atom is 0.436 e. The highest BCUT2D eigenvalue weighted by Gasteiger charge is 2.39. The van der Waals surface area contributed by atoms with Crippen molar-refractivity contribution in [2.75, 3.05) is 5.32 Å². The Labute approximate surface area is 232 Å². The van der Waals surface area contributed by atoms with Gasteiger partial charge in [0.25, 0.3) is 5.91 Å². The minimum atomic E-state index is -4.90. The summed E-state index contributed by atoms with van der Waals surface area (Å²) in [6.07, 6.45) is -4.90. The van der Waals surface area contributed by atoms with Crippen molar-refractivity contribution in [3.63, 3.8) is 0 Å². The number of alkyl halides is 3. The number of carboxylic acid groups (broad SMARTS) is 1. The van der Waals surface area contributed by atoms with Crippen LogP contribution in [0.1, 0.15) is 38.0 Å². The molecule has 0 aliphatic rings. The van der Waals surface area contributed by atoms with Crippen molar-refractivity contribution in [2.45, 2.75) is 19.7 Å². The van der Waals surface area contributed by atoms with Crippen molar-refractivity contribution in [3.05, 3.63) is 99.9 Å². The molecule has 2 heterocycles. The molecule has 41 heavy (non-hydrogen) atoms. The number of nitrogens with one attached hydrogen (secondary N) is 1. The molecule has 3 aromatic carbocycles. The number of amides is 1. The minimum Gasteiger partial charge on any atom is -0.487 e. The smallest absolute Gasteiger partial charge is 0.436 e. The number of aromatic carboxylic acids is 1. The van der Waals surface area contributed by atoms with E-state index in [1.54, 1.807) is 6.92 Å². The molecule has 9 nitrogen and oxygen atoms in total. The van der Waals surface area contributed by atoms with Gasteiger partial charge in [-0.15, -0.1) is 0 Å². The highest BCUT2D eigenvalue weighted by molar-refractivity contribution is 6.32. The molecule has 0 bridgehead atoms. The van der Waals surface area contributed by atoms with Gasteiger partial charge < -0.3 is 19.6 Å². The van der Waals surface area contributed by atoms with Crippen LogP contribution >= 0.6 is 11.6 Å². The summed E-state index contributed by atoms with van der Waals surface area (Å²) in [5, 5.41) is 14.4. The molecule has 0 spiro atoms. The number of carbonyl (C=O) groups excluding carboxylic acids is 1. The molecule has 14 heteroatoms. The Morgan fingerprint density at radius 3 is 2.51 bits per heavy atom. The first kappa shape index (κ1) is 27.6. The molecular formula is C27H17ClF4N4O5. The number of nitrogens with zero attached hydrogens (tertiary/aromatic N) is 3. The summed E-state index contributed by atoms with van der Waals surface area (Å²) < 4.78 is 67.4. The van der Waals surface area contributed by atoms with E-state index in [0.717, 1.165) is 10.7 Å². The molecule has 1 amide bonds. The van der Waals surface area contributed by atoms with E-state index < -0.39 is 41.2 Å². The SMILES string of the molecule is Cc1nc2cc(F)c(NC(=O)c3cccc(-n4nc(C(F)(F)F)c(Cl)c4COc4ccc(C(=O)O)cc4)c3)cc2o1. The van der Waals surface area contributed by atoms with Crippen LogP contribution in [0.4, 0.5) is 23.2 Å². The highest BCUT2D eigenvalue weighted by atomic mass is 35.5. The Hall–Kier alpha value is -4.91. The molecule has 0 saturated carbocycles. The summed E-state index contributed by atoms with van der Waals surface area (Å²) in [7, 11) is 0. The first-order valence-corrected chi connectivity index (χ1v) is 12.1. The van der Waals surface area contributed by atoms with Crippen LogP contribution in [0.3, 0.4) is 0 Å². The van der Waals surface area contributed by atoms with E-state index in [2.05, 4.69) is 15.4 Å². The lowest BCUT2D eigenvalue weighted by Gasteiger charge is -2.12. The van der Waals surface area contributed by atoms with Gasteiger partial charge in [-0.1, -0.05) is 17.7 Å². The van der Waals surface area contributed by atoms with Crippen molar-refractivity contribution in [3.8, 4) is 11.4 Å². The number of rotatable bonds is 7. The van der Waals surface area contributed by atoms with Crippen LogP contribution in [-0.4, -0.2) is 31.7 Å². The van der Waals surface area contributed by atoms with E-state index in [9.17, 15) is 27.2 Å². The molecule has 0 fully saturated rings. The van der Waals surface area contributed by atoms with Crippen LogP contribution in [0.25, 0.3) is 16.8 Å². The van der Waals surface area contributed by atoms with Gasteiger partial charge >= 0.3 is 12.1 Å². The molecule has 0 saturated heterocycles. The number of aromatic nitrogens is 3. The van der Waals surface area contributed by atoms with Gasteiger partial charge in [0.1, 0.15) is 29.4 Å². The number of hydrogen-bond donors (Lipinski definition) is 2. The van der Waals surface area contributed by atoms with E-state index >= 15 is 0 Å². The molecule has 2 N–H and O–H groups in total. The van der Waals surface area contributed by atoms with E-state index in [1.165, 1.54) is 54.6 Å². The van der Waals surface area contributed by atoms with Crippen molar-refractivity contribution >= 4 is 40.3 Å². The fraction of sp³-hybridized carbons (Fsp3) is 0.111. The largest absolute Gasteiger partial charge is 0.487 e. The second kappa shape index (κ2) is 10.6. The highest BCUT2D eigenvalue weighted by Crippen LogP contribution is 2.37. The number of carboxylic acids is 1. The summed E-state index contributed by atoms with van der Waals surface area (Å²) in [5.41, 5.74) is -1.21. The molecule has 0 aliphatic carbocycles. The monoisotopic (exact) mass is 588 g/mol. The Bertz CT molecular complexity index is 1800. The van der Waals surface area contributed by atoms with Crippen LogP contribution in [0, 0.1) is 12.7 Å². The first-order chi connectivity index (χ1) is 19.4. The van der Waals surface area contributed by atoms with Crippen molar-refractivity contribution < 1.29 is 41.4 Å². The standard InChI is InChI=1S/C27H17ClF4N4O5/c1-13-33-20-10-18(29)19(11-22(20)41-13)34-25(37)15-3-2-4-16(9-15)36-21(23(28)24(35-36)27(30,31)32)12-40-17-7-5-14(6-8-17)26(38)39/h2-11H,12H2,1H3,(H,34,37)(H,38,39). The number of halogens is 5. The third-order valence-corrected chi connectivity index (χ3v) is 6.24. The van der Waals surface area contributed by atoms with E-state index in [0.29, 0.717) is 5.89 Å². The lowest BCUT2D eigenvalue weighted by Crippen LogP contribution is -2.14. The third kappa shape index (κ3) is 5.70. The predicted octanol–water partition coefficient (Wildman–Crippen LogP) is 6.66. The summed E-state index contributed by atoms with van der Waals surface area (Å²) in [6, 6.07) is 13.0. The van der Waals surface area contributed by atoms with Crippen LogP contribution in [0.15, 0.2) is 65.1 Å². The van der Waals surface area contributed by atoms with E-state index in [-0.39, 0.29) is 45.0 Å². The number of fused-ring (bicyclic) bond motifs is 1. The molecule has 0 aliphatic heterocycles. The molecule has 5 aromatic rings. The molecular weight excluding hydrogens is 572 g/mol. The first-order valence-electron chi connectivity index (χ1n) is 11.7. The van der Waals surface area contributed by atoms with Crippen LogP contribution in [-0.2, 0) is 12.8 Å². The number of hydrogen-bond acceptors (Lipinski definition) is 6. The number of aryl methyl sites for hydroxylation is 1. The fourth-order valence-electron chi connectivity index (χ4n) is 3.93. The topological polar surface area (TPSA) is 119 Å². The number of anilines is 1. The summed E-state index contributed by atoms with van der Waals surface area (Å²) in [5.74, 6) is -2.20. The van der Waals surface area contributed by atoms with Gasteiger partial charge in [0.2, 0.25) is 0 Å². The lowest BCUT2D eigenvalue weighted by molar-refractivity contribution is -0.141. The molecule has 2 aromatic heterocycles. The average Bonchev–Trinajstić information content (AvgIpc) is 3.45. The lowest BCUT2D eigenvalue weighted by atomic mass is 10.1. The third-order valence-electron chi connectivity index (χ3n) is 5.85. The normalized spacial score (nSPS) is 11.6. The van der Waals surface area contributed by atoms with Crippen molar-refractivity contribution in [1.82, 2.24) is 14.8 Å². The molecule has 0 radical (unpaired) electrons. The number of benzene rings is 3. The number of carbonyl (C=O) groups is 2. The van der Waals surface area contributed by atoms with Gasteiger partial charge in [-0.2, -0.15) is 18.3 Å². The maximum absolute atomic E-state index is 14.6. The van der Waals surface area contributed by atoms with E-state index in [4.69, 9.17) is 25.9 Å². The zero-order valence-electron chi connectivity index (χ0n) is 20.8. The summed E-state index contributed by atoms with van der Waals surface area (Å²) >= 11 is 6.08. The van der Waals surface area contributed by atoms with Gasteiger partial charge in [0.05, 0.1) is 22.0 Å². The van der Waals surface area contributed by atoms with Crippen molar-refractivity contribution in [2.24, 2.45) is 0 Å². The maximum atomic E-state index is 14.6. The Morgan fingerprint density at radius 2 is 1.83 bits per heavy atom. The van der Waals surface area contributed by atoms with Gasteiger partial charge in [-0.3, -0.25) is 4.79 Å². The zero-order chi connectivity index (χ0) is 29.5. The van der Waals surface area contributed by atoms with Crippen molar-refractivity contribution in [1.29, 1.82) is 0 Å². The van der Waals surface area contributed by atoms with E-state index in [1.807, 2.05) is 0 Å². The molecule has 0 unspecified atom stereocenters. The summed E-state index contributed by atoms with van der Waals surface area (Å²) in [4.78, 5) is 28.0. The summed E-state index contributed by atoms with van der Waals surface area (Å²) in [6.45, 7) is 1.11. The Kier molecular flexibility index (Phi) is 7.13. The minimum absolute atomic E-state index is 0.00869. The van der Waals surface area contributed by atoms with Crippen LogP contribution < -0.4 is 10.1 Å². The Morgan fingerprint density at radius 1 is 1.10 bits per heavy atom. The molecule has 5 rings (SSSR count). The number of oxazole rings is 1. The average molecular weight is 589 g/mol. The van der Waals surface area contributed by atoms with Gasteiger partial charge in [-0.05, 0) is 42.5 Å². The fourth-order valence-corrected chi connectivity index (χ4v) is 4.21. The van der Waals surface area contributed by atoms with Gasteiger partial charge in [0, 0.05) is 24.6 Å². The van der Waals surface area contributed by atoms with Crippen LogP contribution in [0.5, 0.6) is 5.75 Å². The molecule has 210 valence electrons. The second-order valence-electron chi connectivity index (χ2n) is 8.67. The van der Waals surface area contributed by atoms with Gasteiger partial charge in [0.15, 0.2) is 17.2 Å². The zero-order valence-corrected chi connectivity index (χ0v) is 21.5. The second-order valence-corrected chi connectivity index (χ2v) is 9.05.